The van der Waals surface area contributed by atoms with E-state index in [1.807, 2.05) is 24.3 Å². The molecule has 0 bridgehead atoms. The van der Waals surface area contributed by atoms with Crippen molar-refractivity contribution in [3.05, 3.63) is 645 Å². The molecule has 0 heterocycles. The second kappa shape index (κ2) is 40.9. The molecule has 0 saturated carbocycles. The summed E-state index contributed by atoms with van der Waals surface area (Å²) in [6, 6.07) is 202. The van der Waals surface area contributed by atoms with Crippen LogP contribution < -0.4 is 39.7 Å². The summed E-state index contributed by atoms with van der Waals surface area (Å²) in [4.78, 5) is 2.38. The number of anilines is 5. The van der Waals surface area contributed by atoms with Gasteiger partial charge in [-0.3, -0.25) is 0 Å². The summed E-state index contributed by atoms with van der Waals surface area (Å²) in [6.45, 7) is 0. The number of hydrogen-bond acceptors (Lipinski definition) is 4. The molecule has 0 atom stereocenters. The molecule has 6 aliphatic rings. The largest absolute Gasteiger partial charge is 1.00 e. The van der Waals surface area contributed by atoms with Crippen molar-refractivity contribution in [2.45, 2.75) is 16.2 Å². The van der Waals surface area contributed by atoms with Crippen LogP contribution in [-0.4, -0.2) is 17.2 Å². The van der Waals surface area contributed by atoms with Gasteiger partial charge >= 0.3 is 7.12 Å². The average Bonchev–Trinajstić information content (AvgIpc) is 1.52. The molecular formula is C141H96BBrCl2IN2O2-. The second-order valence-electron chi connectivity index (χ2n) is 38.4. The number of benzene rings is 23. The van der Waals surface area contributed by atoms with Crippen molar-refractivity contribution in [1.82, 2.24) is 0 Å². The minimum Gasteiger partial charge on any atom is -1.00 e. The Hall–Kier alpha value is -16.6. The van der Waals surface area contributed by atoms with Crippen LogP contribution in [0.1, 0.15) is 66.8 Å². The highest BCUT2D eigenvalue weighted by atomic mass is 127. The molecule has 0 aliphatic heterocycles. The van der Waals surface area contributed by atoms with Crippen molar-refractivity contribution in [1.29, 1.82) is 0 Å². The first kappa shape index (κ1) is 95.6. The van der Waals surface area contributed by atoms with E-state index in [-0.39, 0.29) is 40.2 Å². The van der Waals surface area contributed by atoms with Gasteiger partial charge in [0.05, 0.1) is 16.2 Å². The first-order chi connectivity index (χ1) is 73.5. The van der Waals surface area contributed by atoms with Crippen molar-refractivity contribution in [2.75, 3.05) is 10.2 Å². The van der Waals surface area contributed by atoms with E-state index in [4.69, 9.17) is 33.2 Å². The molecule has 0 amide bonds. The predicted octanol–water partition coefficient (Wildman–Crippen LogP) is 33.4. The van der Waals surface area contributed by atoms with Crippen molar-refractivity contribution in [3.8, 4) is 134 Å². The second-order valence-corrected chi connectivity index (χ2v) is 40.2. The maximum Gasteiger partial charge on any atom is 0.488 e. The first-order valence-electron chi connectivity index (χ1n) is 50.6. The zero-order valence-corrected chi connectivity index (χ0v) is 86.9. The third-order valence-corrected chi connectivity index (χ3v) is 31.6. The SMILES string of the molecule is Brc1cccc2c1-c1ccccc1C21c2ccccc2-c2ccccc21.Clc1cccc(-c2cccc3c2-c2ccccc2C32c3ccccc3-c3ccccc32)c1.OB(O)c1cccc(Cl)c1.[I-].c1ccc(-c2ccc(N(c3ccc(-c4ccccc4)cc3)c3cccc(-c4cccc5c4-c4ccccc4C54c5ccccc5-c5ccccc54)c3)cc2)cc1.c1ccc(-c2ccc(Nc3ccc(-c4ccccc4)cc3)cc2)cc1. The lowest BCUT2D eigenvalue weighted by Gasteiger charge is -2.30. The van der Waals surface area contributed by atoms with E-state index in [1.54, 1.807) is 18.2 Å². The highest BCUT2D eigenvalue weighted by Crippen LogP contribution is 2.68. The third kappa shape index (κ3) is 16.7. The highest BCUT2D eigenvalue weighted by molar-refractivity contribution is 9.10. The van der Waals surface area contributed by atoms with Crippen LogP contribution in [0, 0.1) is 0 Å². The topological polar surface area (TPSA) is 55.7 Å². The first-order valence-corrected chi connectivity index (χ1v) is 52.2. The lowest BCUT2D eigenvalue weighted by molar-refractivity contribution is -0.0000295. The molecule has 0 unspecified atom stereocenters. The van der Waals surface area contributed by atoms with Crippen LogP contribution in [0.25, 0.3) is 134 Å². The molecule has 29 rings (SSSR count). The third-order valence-electron chi connectivity index (χ3n) is 30.4. The van der Waals surface area contributed by atoms with E-state index in [0.29, 0.717) is 10.5 Å². The van der Waals surface area contributed by atoms with Gasteiger partial charge in [0.15, 0.2) is 0 Å². The maximum atomic E-state index is 8.65. The summed E-state index contributed by atoms with van der Waals surface area (Å²) in [5, 5.41) is 22.0. The Bertz CT molecular complexity index is 8700. The molecule has 23 aromatic carbocycles. The molecule has 714 valence electrons. The number of hydrogen-bond donors (Lipinski definition) is 3. The van der Waals surface area contributed by atoms with Gasteiger partial charge in [0.2, 0.25) is 0 Å². The molecule has 150 heavy (non-hydrogen) atoms. The van der Waals surface area contributed by atoms with Gasteiger partial charge in [0.1, 0.15) is 0 Å². The number of nitrogens with zero attached hydrogens (tertiary/aromatic N) is 1. The number of nitrogens with one attached hydrogen (secondary N) is 1. The fourth-order valence-electron chi connectivity index (χ4n) is 24.2. The summed E-state index contributed by atoms with van der Waals surface area (Å²) in [6.07, 6.45) is 0. The van der Waals surface area contributed by atoms with Gasteiger partial charge in [-0.05, 0) is 291 Å². The van der Waals surface area contributed by atoms with Gasteiger partial charge in [-0.25, -0.2) is 0 Å². The zero-order chi connectivity index (χ0) is 100. The maximum absolute atomic E-state index is 8.65. The van der Waals surface area contributed by atoms with Crippen molar-refractivity contribution in [3.63, 3.8) is 0 Å². The van der Waals surface area contributed by atoms with Crippen molar-refractivity contribution < 1.29 is 34.0 Å². The molecule has 3 spiro atoms. The highest BCUT2D eigenvalue weighted by Gasteiger charge is 2.55. The number of fused-ring (bicyclic) bond motifs is 30. The average molecular weight is 2140 g/mol. The minimum absolute atomic E-state index is 0. The summed E-state index contributed by atoms with van der Waals surface area (Å²) >= 11 is 15.8. The van der Waals surface area contributed by atoms with Crippen LogP contribution in [0.5, 0.6) is 0 Å². The Morgan fingerprint density at radius 3 is 0.747 bits per heavy atom. The van der Waals surface area contributed by atoms with Gasteiger partial charge in [-0.15, -0.1) is 0 Å². The van der Waals surface area contributed by atoms with Crippen LogP contribution in [0.2, 0.25) is 10.0 Å². The van der Waals surface area contributed by atoms with Gasteiger partial charge in [-0.1, -0.05) is 512 Å². The number of halogens is 4. The summed E-state index contributed by atoms with van der Waals surface area (Å²) in [7, 11) is -1.43. The molecule has 0 aromatic heterocycles. The van der Waals surface area contributed by atoms with E-state index >= 15 is 0 Å². The summed E-state index contributed by atoms with van der Waals surface area (Å²) in [5.74, 6) is 0. The van der Waals surface area contributed by atoms with Crippen LogP contribution in [0.3, 0.4) is 0 Å². The minimum atomic E-state index is -1.43. The predicted molar refractivity (Wildman–Crippen MR) is 626 cm³/mol. The molecule has 4 nitrogen and oxygen atoms in total. The Morgan fingerprint density at radius 2 is 0.427 bits per heavy atom. The van der Waals surface area contributed by atoms with E-state index in [9.17, 15) is 0 Å². The van der Waals surface area contributed by atoms with Crippen LogP contribution in [0.4, 0.5) is 28.4 Å². The van der Waals surface area contributed by atoms with E-state index in [1.165, 1.54) is 205 Å². The summed E-state index contributed by atoms with van der Waals surface area (Å²) < 4.78 is 1.17. The normalized spacial score (nSPS) is 12.7. The molecule has 0 saturated heterocycles. The Labute approximate surface area is 911 Å². The standard InChI is InChI=1S/C55H37N.C31H19Cl.C25H15Br.C24H19N.C6H6BClO2.HI/c1-3-15-38(16-4-1)40-29-33-43(34-30-40)56(44-35-31-41(32-36-44)39-17-5-2-6-18-39)45-20-13-19-42(37-45)46-24-14-28-53-54(46)49-23-9-12-27-52(49)55(53)50-25-10-7-21-47(50)48-22-8-11-26-51(48)55;32-21-10-7-9-20(19-21)22-14-8-18-29-30(22)25-13-3-6-17-28(25)31(29)26-15-4-1-11-23(26)24-12-2-5-16-27(24)31;26-23-15-7-14-22-24(23)18-10-3-6-13-21(18)25(22)19-11-4-1-8-16(19)17-9-2-5-12-20(17)25;1-3-7-19(8-4-1)21-11-15-23(16-12-21)25-24-17-13-22(14-18-24)20-9-5-2-6-10-20;8-6-3-1-2-5(4-6)7(9)10;/h1-37H;1-19H;1-15H;1-18,25H;1-4,9-10H;1H/p-1. The molecule has 9 heteroatoms. The molecule has 0 fully saturated rings. The van der Waals surface area contributed by atoms with E-state index in [2.05, 4.69) is 542 Å². The Morgan fingerprint density at radius 1 is 0.193 bits per heavy atom. The molecule has 23 aromatic rings. The van der Waals surface area contributed by atoms with Crippen LogP contribution >= 0.6 is 39.1 Å². The van der Waals surface area contributed by atoms with Gasteiger partial charge in [0.25, 0.3) is 0 Å². The molecule has 3 N–H and O–H groups in total. The van der Waals surface area contributed by atoms with E-state index in [0.717, 1.165) is 39.0 Å². The van der Waals surface area contributed by atoms with Crippen LogP contribution in [0.15, 0.2) is 569 Å². The van der Waals surface area contributed by atoms with E-state index < -0.39 is 7.12 Å². The quantitative estimate of drug-likeness (QED) is 0.0843. The Kier molecular flexibility index (Phi) is 26.1. The monoisotopic (exact) mass is 2140 g/mol. The van der Waals surface area contributed by atoms with Gasteiger partial charge in [-0.2, -0.15) is 0 Å². The smallest absolute Gasteiger partial charge is 0.488 e. The summed E-state index contributed by atoms with van der Waals surface area (Å²) in [5.41, 5.74) is 52.0. The molecule has 0 radical (unpaired) electrons. The Balaban J connectivity index is 0.000000109. The van der Waals surface area contributed by atoms with Gasteiger partial charge < -0.3 is 44.2 Å². The number of rotatable bonds is 12. The molecule has 6 aliphatic carbocycles. The van der Waals surface area contributed by atoms with Crippen LogP contribution in [-0.2, 0) is 16.2 Å². The van der Waals surface area contributed by atoms with Crippen molar-refractivity contribution >= 4 is 80.1 Å². The fourth-order valence-corrected chi connectivity index (χ4v) is 25.2. The van der Waals surface area contributed by atoms with Crippen molar-refractivity contribution in [2.24, 2.45) is 0 Å². The fraction of sp³-hybridized carbons (Fsp3) is 0.0213. The lowest BCUT2D eigenvalue weighted by Crippen LogP contribution is -3.00. The lowest BCUT2D eigenvalue weighted by atomic mass is 9.70. The zero-order valence-electron chi connectivity index (χ0n) is 81.6. The molecular weight excluding hydrogens is 2040 g/mol. The van der Waals surface area contributed by atoms with Gasteiger partial charge in [0, 0.05) is 48.5 Å².